The van der Waals surface area contributed by atoms with Gasteiger partial charge < -0.3 is 10.2 Å². The number of hydrogen-bond donors (Lipinski definition) is 2. The molecule has 1 fully saturated rings. The normalized spacial score (nSPS) is 29.3. The molecular weight excluding hydrogens is 227 g/mol. The fraction of sp³-hybridized carbons (Fsp3) is 0.889. The number of nitrogens with zero attached hydrogens (tertiary/aromatic N) is 1. The van der Waals surface area contributed by atoms with Gasteiger partial charge in [0.05, 0.1) is 5.92 Å². The maximum absolute atomic E-state index is 12.6. The first-order valence-electron chi connectivity index (χ1n) is 4.91. The van der Waals surface area contributed by atoms with Crippen molar-refractivity contribution in [1.29, 1.82) is 0 Å². The van der Waals surface area contributed by atoms with Gasteiger partial charge in [0.1, 0.15) is 6.04 Å². The number of halogens is 3. The average Bonchev–Trinajstić information content (AvgIpc) is 2.59. The summed E-state index contributed by atoms with van der Waals surface area (Å²) in [6, 6.07) is -0.957. The van der Waals surface area contributed by atoms with Crippen LogP contribution in [0.3, 0.4) is 0 Å². The first-order chi connectivity index (χ1) is 7.27. The van der Waals surface area contributed by atoms with E-state index in [4.69, 9.17) is 10.2 Å². The summed E-state index contributed by atoms with van der Waals surface area (Å²) < 4.78 is 37.7. The van der Waals surface area contributed by atoms with Crippen LogP contribution in [0.1, 0.15) is 6.92 Å². The Balaban J connectivity index is 2.74. The number of likely N-dealkylation sites (tertiary alicyclic amines) is 1. The summed E-state index contributed by atoms with van der Waals surface area (Å²) in [5.74, 6) is -3.72. The largest absolute Gasteiger partial charge is 0.480 e. The number of aliphatic hydroxyl groups is 1. The van der Waals surface area contributed by atoms with Gasteiger partial charge in [-0.05, 0) is 6.92 Å². The number of carboxylic acid groups (broad SMARTS) is 1. The van der Waals surface area contributed by atoms with Crippen LogP contribution in [-0.2, 0) is 4.79 Å². The summed E-state index contributed by atoms with van der Waals surface area (Å²) in [5.41, 5.74) is 0. The van der Waals surface area contributed by atoms with Crippen molar-refractivity contribution in [2.45, 2.75) is 19.1 Å². The lowest BCUT2D eigenvalue weighted by Gasteiger charge is -2.21. The van der Waals surface area contributed by atoms with Gasteiger partial charge in [0.15, 0.2) is 0 Å². The summed E-state index contributed by atoms with van der Waals surface area (Å²) in [6.45, 7) is 0.374. The van der Waals surface area contributed by atoms with Crippen LogP contribution in [0, 0.1) is 11.8 Å². The van der Waals surface area contributed by atoms with Crippen molar-refractivity contribution in [3.05, 3.63) is 0 Å². The number of alkyl halides is 3. The summed E-state index contributed by atoms with van der Waals surface area (Å²) in [6.07, 6.45) is -4.39. The highest BCUT2D eigenvalue weighted by Crippen LogP contribution is 2.37. The van der Waals surface area contributed by atoms with E-state index in [0.29, 0.717) is 0 Å². The fourth-order valence-corrected chi connectivity index (χ4v) is 1.93. The Kier molecular flexibility index (Phi) is 3.80. The maximum Gasteiger partial charge on any atom is 0.393 e. The van der Waals surface area contributed by atoms with Crippen molar-refractivity contribution in [3.63, 3.8) is 0 Å². The molecule has 4 nitrogen and oxygen atoms in total. The van der Waals surface area contributed by atoms with E-state index in [1.165, 1.54) is 11.8 Å². The van der Waals surface area contributed by atoms with Gasteiger partial charge in [-0.1, -0.05) is 0 Å². The number of carboxylic acids is 1. The predicted octanol–water partition coefficient (Wildman–Crippen LogP) is 0.562. The van der Waals surface area contributed by atoms with Crippen LogP contribution in [0.4, 0.5) is 13.2 Å². The third-order valence-corrected chi connectivity index (χ3v) is 3.03. The molecular formula is C9H14F3NO3. The summed E-state index contributed by atoms with van der Waals surface area (Å²) in [7, 11) is 0. The zero-order chi connectivity index (χ0) is 12.5. The summed E-state index contributed by atoms with van der Waals surface area (Å²) in [4.78, 5) is 11.9. The Morgan fingerprint density at radius 2 is 2.06 bits per heavy atom. The molecule has 2 N–H and O–H groups in total. The number of carbonyl (C=O) groups is 1. The van der Waals surface area contributed by atoms with Crippen molar-refractivity contribution >= 4 is 5.97 Å². The lowest BCUT2D eigenvalue weighted by molar-refractivity contribution is -0.183. The Morgan fingerprint density at radius 1 is 1.50 bits per heavy atom. The van der Waals surface area contributed by atoms with E-state index < -0.39 is 36.6 Å². The first-order valence-corrected chi connectivity index (χ1v) is 4.91. The topological polar surface area (TPSA) is 60.8 Å². The molecule has 0 aromatic rings. The summed E-state index contributed by atoms with van der Waals surface area (Å²) >= 11 is 0. The van der Waals surface area contributed by atoms with Crippen LogP contribution >= 0.6 is 0 Å². The minimum absolute atomic E-state index is 0.0336. The number of hydrogen-bond acceptors (Lipinski definition) is 3. The number of aliphatic hydroxyl groups excluding tert-OH is 1. The molecule has 94 valence electrons. The standard InChI is InChI=1S/C9H14F3NO3/c1-5(8(15)16)13-2-6(4-14)7(3-13)9(10,11)12/h5-7,14H,2-4H2,1H3,(H,15,16)/t5-,6+,7-/m1/s1. The molecule has 0 aromatic heterocycles. The number of rotatable bonds is 3. The fourth-order valence-electron chi connectivity index (χ4n) is 1.93. The van der Waals surface area contributed by atoms with Crippen molar-refractivity contribution in [2.75, 3.05) is 19.7 Å². The molecule has 0 amide bonds. The molecule has 0 bridgehead atoms. The van der Waals surface area contributed by atoms with E-state index in [0.717, 1.165) is 0 Å². The van der Waals surface area contributed by atoms with Crippen LogP contribution in [0.5, 0.6) is 0 Å². The average molecular weight is 241 g/mol. The van der Waals surface area contributed by atoms with Crippen LogP contribution in [0.25, 0.3) is 0 Å². The van der Waals surface area contributed by atoms with Gasteiger partial charge in [0.2, 0.25) is 0 Å². The molecule has 3 atom stereocenters. The Hall–Kier alpha value is -0.820. The van der Waals surface area contributed by atoms with Crippen LogP contribution < -0.4 is 0 Å². The van der Waals surface area contributed by atoms with E-state index in [1.54, 1.807) is 0 Å². The molecule has 0 unspecified atom stereocenters. The van der Waals surface area contributed by atoms with E-state index in [1.807, 2.05) is 0 Å². The zero-order valence-corrected chi connectivity index (χ0v) is 8.74. The lowest BCUT2D eigenvalue weighted by Crippen LogP contribution is -2.38. The highest BCUT2D eigenvalue weighted by atomic mass is 19.4. The van der Waals surface area contributed by atoms with Crippen LogP contribution in [0.15, 0.2) is 0 Å². The molecule has 7 heteroatoms. The summed E-state index contributed by atoms with van der Waals surface area (Å²) in [5, 5.41) is 17.6. The van der Waals surface area contributed by atoms with Gasteiger partial charge in [0, 0.05) is 25.6 Å². The van der Waals surface area contributed by atoms with Gasteiger partial charge in [-0.3, -0.25) is 9.69 Å². The molecule has 1 aliphatic rings. The third-order valence-electron chi connectivity index (χ3n) is 3.03. The van der Waals surface area contributed by atoms with Crippen molar-refractivity contribution in [3.8, 4) is 0 Å². The van der Waals surface area contributed by atoms with Gasteiger partial charge in [-0.25, -0.2) is 0 Å². The van der Waals surface area contributed by atoms with E-state index in [2.05, 4.69) is 0 Å². The molecule has 1 saturated heterocycles. The smallest absolute Gasteiger partial charge is 0.393 e. The molecule has 0 aromatic carbocycles. The molecule has 0 radical (unpaired) electrons. The zero-order valence-electron chi connectivity index (χ0n) is 8.74. The quantitative estimate of drug-likeness (QED) is 0.758. The van der Waals surface area contributed by atoms with Crippen LogP contribution in [-0.4, -0.2) is 53.0 Å². The van der Waals surface area contributed by atoms with Crippen LogP contribution in [0.2, 0.25) is 0 Å². The highest BCUT2D eigenvalue weighted by molar-refractivity contribution is 5.72. The second-order valence-electron chi connectivity index (χ2n) is 4.06. The molecule has 0 spiro atoms. The minimum Gasteiger partial charge on any atom is -0.480 e. The second kappa shape index (κ2) is 4.58. The van der Waals surface area contributed by atoms with Gasteiger partial charge in [0.25, 0.3) is 0 Å². The molecule has 0 aliphatic carbocycles. The molecule has 1 heterocycles. The number of aliphatic carboxylic acids is 1. The Bertz CT molecular complexity index is 269. The van der Waals surface area contributed by atoms with Crippen molar-refractivity contribution in [1.82, 2.24) is 4.90 Å². The first kappa shape index (κ1) is 13.2. The lowest BCUT2D eigenvalue weighted by atomic mass is 9.97. The van der Waals surface area contributed by atoms with Crippen molar-refractivity contribution < 1.29 is 28.2 Å². The molecule has 1 aliphatic heterocycles. The van der Waals surface area contributed by atoms with Crippen molar-refractivity contribution in [2.24, 2.45) is 11.8 Å². The Labute approximate surface area is 90.7 Å². The third kappa shape index (κ3) is 2.65. The molecule has 1 rings (SSSR count). The van der Waals surface area contributed by atoms with E-state index >= 15 is 0 Å². The minimum atomic E-state index is -4.39. The highest BCUT2D eigenvalue weighted by Gasteiger charge is 2.50. The second-order valence-corrected chi connectivity index (χ2v) is 4.06. The maximum atomic E-state index is 12.6. The SMILES string of the molecule is C[C@H](C(=O)O)N1C[C@@H](CO)[C@H](C(F)(F)F)C1. The molecule has 0 saturated carbocycles. The molecule has 16 heavy (non-hydrogen) atoms. The monoisotopic (exact) mass is 241 g/mol. The van der Waals surface area contributed by atoms with E-state index in [-0.39, 0.29) is 13.1 Å². The van der Waals surface area contributed by atoms with Gasteiger partial charge in [-0.2, -0.15) is 13.2 Å². The van der Waals surface area contributed by atoms with E-state index in [9.17, 15) is 18.0 Å². The predicted molar refractivity (Wildman–Crippen MR) is 48.8 cm³/mol. The Morgan fingerprint density at radius 3 is 2.38 bits per heavy atom. The van der Waals surface area contributed by atoms with Gasteiger partial charge in [-0.15, -0.1) is 0 Å². The van der Waals surface area contributed by atoms with Gasteiger partial charge >= 0.3 is 12.1 Å².